The van der Waals surface area contributed by atoms with Crippen molar-refractivity contribution in [1.29, 1.82) is 0 Å². The maximum Gasteiger partial charge on any atom is 0.276 e. The Morgan fingerprint density at radius 2 is 1.57 bits per heavy atom. The molecule has 0 saturated carbocycles. The molecule has 6 heteroatoms. The zero-order chi connectivity index (χ0) is 17.1. The van der Waals surface area contributed by atoms with Gasteiger partial charge in [0.2, 0.25) is 0 Å². The number of rotatable bonds is 4. The maximum absolute atomic E-state index is 12.1. The van der Waals surface area contributed by atoms with E-state index >= 15 is 0 Å². The van der Waals surface area contributed by atoms with Gasteiger partial charge >= 0.3 is 0 Å². The van der Waals surface area contributed by atoms with E-state index in [2.05, 4.69) is 30.7 Å². The van der Waals surface area contributed by atoms with Crippen LogP contribution in [0.4, 0.5) is 0 Å². The lowest BCUT2D eigenvalue weighted by molar-refractivity contribution is 0.584. The predicted octanol–water partition coefficient (Wildman–Crippen LogP) is 3.95. The minimum atomic E-state index is -3.69. The summed E-state index contributed by atoms with van der Waals surface area (Å²) in [6, 6.07) is 13.7. The van der Waals surface area contributed by atoms with Crippen molar-refractivity contribution in [2.45, 2.75) is 31.1 Å². The Morgan fingerprint density at radius 1 is 1.00 bits per heavy atom. The average Bonchev–Trinajstić information content (AvgIpc) is 2.47. The molecular weight excluding hydrogens is 332 g/mol. The number of hydrogen-bond donors (Lipinski definition) is 1. The predicted molar refractivity (Wildman–Crippen MR) is 94.5 cm³/mol. The fourth-order valence-corrected chi connectivity index (χ4v) is 2.82. The van der Waals surface area contributed by atoms with Crippen LogP contribution in [0.2, 0.25) is 5.02 Å². The quantitative estimate of drug-likeness (QED) is 0.670. The second-order valence-corrected chi connectivity index (χ2v) is 8.28. The van der Waals surface area contributed by atoms with Gasteiger partial charge in [0, 0.05) is 5.02 Å². The Hall–Kier alpha value is -1.85. The summed E-state index contributed by atoms with van der Waals surface area (Å²) in [7, 11) is -3.69. The summed E-state index contributed by atoms with van der Waals surface area (Å²) in [5.41, 5.74) is 2.10. The number of nitrogens with zero attached hydrogens (tertiary/aromatic N) is 1. The van der Waals surface area contributed by atoms with Crippen LogP contribution >= 0.6 is 11.6 Å². The Balaban J connectivity index is 2.07. The van der Waals surface area contributed by atoms with Crippen LogP contribution in [0.25, 0.3) is 0 Å². The third-order valence-electron chi connectivity index (χ3n) is 3.29. The first kappa shape index (κ1) is 17.5. The summed E-state index contributed by atoms with van der Waals surface area (Å²) in [6.45, 7) is 6.41. The molecule has 0 radical (unpaired) electrons. The van der Waals surface area contributed by atoms with Crippen LogP contribution in [0.5, 0.6) is 0 Å². The molecule has 0 aliphatic rings. The number of benzene rings is 2. The number of nitrogens with one attached hydrogen (secondary N) is 1. The number of hydrazone groups is 1. The molecular formula is C17H19ClN2O2S. The Kier molecular flexibility index (Phi) is 5.12. The van der Waals surface area contributed by atoms with Gasteiger partial charge in [-0.15, -0.1) is 0 Å². The van der Waals surface area contributed by atoms with Crippen molar-refractivity contribution in [3.05, 3.63) is 64.7 Å². The molecule has 2 aromatic carbocycles. The first-order chi connectivity index (χ1) is 10.7. The number of halogens is 1. The summed E-state index contributed by atoms with van der Waals surface area (Å²) in [4.78, 5) is 2.30. The molecule has 122 valence electrons. The molecule has 0 amide bonds. The molecule has 1 N–H and O–H groups in total. The van der Waals surface area contributed by atoms with Gasteiger partial charge in [-0.1, -0.05) is 56.6 Å². The van der Waals surface area contributed by atoms with Crippen LogP contribution in [0.15, 0.2) is 58.5 Å². The summed E-state index contributed by atoms with van der Waals surface area (Å²) in [6.07, 6.45) is 1.47. The lowest BCUT2D eigenvalue weighted by Gasteiger charge is -2.18. The van der Waals surface area contributed by atoms with Crippen molar-refractivity contribution < 1.29 is 8.42 Å². The molecule has 0 spiro atoms. The highest BCUT2D eigenvalue weighted by Crippen LogP contribution is 2.21. The SMILES string of the molecule is CC(C)(C)c1ccc(C=NNS(=O)(=O)c2ccc(Cl)cc2)cc1. The van der Waals surface area contributed by atoms with Crippen LogP contribution in [-0.2, 0) is 15.4 Å². The summed E-state index contributed by atoms with van der Waals surface area (Å²) < 4.78 is 24.1. The molecule has 2 rings (SSSR count). The van der Waals surface area contributed by atoms with Crippen molar-refractivity contribution in [2.24, 2.45) is 5.10 Å². The highest BCUT2D eigenvalue weighted by molar-refractivity contribution is 7.89. The van der Waals surface area contributed by atoms with Crippen molar-refractivity contribution in [3.8, 4) is 0 Å². The molecule has 0 aromatic heterocycles. The molecule has 0 heterocycles. The van der Waals surface area contributed by atoms with Gasteiger partial charge in [-0.2, -0.15) is 13.5 Å². The molecule has 4 nitrogen and oxygen atoms in total. The lowest BCUT2D eigenvalue weighted by Crippen LogP contribution is -2.18. The van der Waals surface area contributed by atoms with Crippen LogP contribution in [0.3, 0.4) is 0 Å². The monoisotopic (exact) mass is 350 g/mol. The van der Waals surface area contributed by atoms with E-state index in [1.807, 2.05) is 24.3 Å². The first-order valence-corrected chi connectivity index (χ1v) is 8.95. The first-order valence-electron chi connectivity index (χ1n) is 7.09. The Labute approximate surface area is 142 Å². The highest BCUT2D eigenvalue weighted by atomic mass is 35.5. The molecule has 0 aliphatic heterocycles. The number of sulfonamides is 1. The third-order valence-corrected chi connectivity index (χ3v) is 4.78. The Bertz CT molecular complexity index is 790. The van der Waals surface area contributed by atoms with Crippen molar-refractivity contribution in [3.63, 3.8) is 0 Å². The lowest BCUT2D eigenvalue weighted by atomic mass is 9.87. The van der Waals surface area contributed by atoms with E-state index < -0.39 is 10.0 Å². The molecule has 23 heavy (non-hydrogen) atoms. The maximum atomic E-state index is 12.1. The van der Waals surface area contributed by atoms with Crippen LogP contribution in [-0.4, -0.2) is 14.6 Å². The third kappa shape index (κ3) is 4.81. The fourth-order valence-electron chi connectivity index (χ4n) is 1.91. The van der Waals surface area contributed by atoms with E-state index in [1.54, 1.807) is 0 Å². The van der Waals surface area contributed by atoms with Gasteiger partial charge in [-0.25, -0.2) is 4.83 Å². The largest absolute Gasteiger partial charge is 0.276 e. The average molecular weight is 351 g/mol. The van der Waals surface area contributed by atoms with E-state index in [4.69, 9.17) is 11.6 Å². The molecule has 0 atom stereocenters. The van der Waals surface area contributed by atoms with Gasteiger partial charge in [-0.3, -0.25) is 0 Å². The van der Waals surface area contributed by atoms with Crippen LogP contribution in [0.1, 0.15) is 31.9 Å². The smallest absolute Gasteiger partial charge is 0.200 e. The van der Waals surface area contributed by atoms with E-state index in [-0.39, 0.29) is 10.3 Å². The standard InChI is InChI=1S/C17H19ClN2O2S/c1-17(2,3)14-6-4-13(5-7-14)12-19-20-23(21,22)16-10-8-15(18)9-11-16/h4-12,20H,1-3H3. The zero-order valence-electron chi connectivity index (χ0n) is 13.2. The van der Waals surface area contributed by atoms with E-state index in [9.17, 15) is 8.42 Å². The molecule has 0 unspecified atom stereocenters. The zero-order valence-corrected chi connectivity index (χ0v) is 14.8. The molecule has 0 aliphatic carbocycles. The normalized spacial score (nSPS) is 12.5. The van der Waals surface area contributed by atoms with E-state index in [0.717, 1.165) is 5.56 Å². The van der Waals surface area contributed by atoms with Crippen LogP contribution in [0, 0.1) is 0 Å². The highest BCUT2D eigenvalue weighted by Gasteiger charge is 2.13. The minimum Gasteiger partial charge on any atom is -0.200 e. The van der Waals surface area contributed by atoms with Gasteiger partial charge in [-0.05, 0) is 40.8 Å². The van der Waals surface area contributed by atoms with Crippen molar-refractivity contribution in [1.82, 2.24) is 4.83 Å². The van der Waals surface area contributed by atoms with Gasteiger partial charge in [0.1, 0.15) is 0 Å². The molecule has 0 bridgehead atoms. The summed E-state index contributed by atoms with van der Waals surface area (Å²) >= 11 is 5.75. The van der Waals surface area contributed by atoms with E-state index in [1.165, 1.54) is 36.0 Å². The van der Waals surface area contributed by atoms with Gasteiger partial charge in [0.25, 0.3) is 10.0 Å². The summed E-state index contributed by atoms with van der Waals surface area (Å²) in [5.74, 6) is 0. The number of hydrogen-bond acceptors (Lipinski definition) is 3. The van der Waals surface area contributed by atoms with Crippen LogP contribution < -0.4 is 4.83 Å². The van der Waals surface area contributed by atoms with Crippen molar-refractivity contribution in [2.75, 3.05) is 0 Å². The second-order valence-electron chi connectivity index (χ2n) is 6.18. The molecule has 0 saturated heterocycles. The van der Waals surface area contributed by atoms with Gasteiger partial charge < -0.3 is 0 Å². The van der Waals surface area contributed by atoms with Gasteiger partial charge in [0.15, 0.2) is 0 Å². The minimum absolute atomic E-state index is 0.0752. The van der Waals surface area contributed by atoms with Gasteiger partial charge in [0.05, 0.1) is 11.1 Å². The second kappa shape index (κ2) is 6.72. The fraction of sp³-hybridized carbons (Fsp3) is 0.235. The summed E-state index contributed by atoms with van der Waals surface area (Å²) in [5, 5.41) is 4.29. The molecule has 2 aromatic rings. The topological polar surface area (TPSA) is 58.5 Å². The Morgan fingerprint density at radius 3 is 2.09 bits per heavy atom. The molecule has 0 fully saturated rings. The van der Waals surface area contributed by atoms with E-state index in [0.29, 0.717) is 5.02 Å². The van der Waals surface area contributed by atoms with Crippen molar-refractivity contribution >= 4 is 27.8 Å².